The Bertz CT molecular complexity index is 573. The van der Waals surface area contributed by atoms with E-state index in [1.807, 2.05) is 19.0 Å². The third kappa shape index (κ3) is 2.95. The van der Waals surface area contributed by atoms with Gasteiger partial charge in [-0.25, -0.2) is 8.42 Å². The summed E-state index contributed by atoms with van der Waals surface area (Å²) in [6.45, 7) is 0.596. The zero-order valence-electron chi connectivity index (χ0n) is 11.6. The lowest BCUT2D eigenvalue weighted by atomic mass is 10.2. The third-order valence-corrected chi connectivity index (χ3v) is 5.34. The van der Waals surface area contributed by atoms with E-state index in [4.69, 9.17) is 0 Å². The summed E-state index contributed by atoms with van der Waals surface area (Å²) in [6, 6.07) is 5.58. The second-order valence-electron chi connectivity index (χ2n) is 5.35. The van der Waals surface area contributed by atoms with Crippen molar-refractivity contribution in [3.8, 4) is 5.75 Å². The molecule has 2 unspecified atom stereocenters. The summed E-state index contributed by atoms with van der Waals surface area (Å²) in [4.78, 5) is 1.77. The molecular weight excluding hydrogens is 280 g/mol. The Labute approximate surface area is 119 Å². The fraction of sp³-hybridized carbons (Fsp3) is 0.538. The van der Waals surface area contributed by atoms with Crippen molar-refractivity contribution in [2.24, 2.45) is 0 Å². The van der Waals surface area contributed by atoms with Gasteiger partial charge in [0.25, 0.3) is 0 Å². The van der Waals surface area contributed by atoms with Crippen molar-refractivity contribution in [3.63, 3.8) is 0 Å². The molecule has 1 aliphatic rings. The van der Waals surface area contributed by atoms with E-state index < -0.39 is 16.1 Å². The maximum Gasteiger partial charge on any atom is 0.247 e. The molecule has 1 saturated heterocycles. The van der Waals surface area contributed by atoms with Gasteiger partial charge in [0.05, 0.1) is 6.10 Å². The number of aliphatic hydroxyl groups is 1. The van der Waals surface area contributed by atoms with Gasteiger partial charge >= 0.3 is 0 Å². The van der Waals surface area contributed by atoms with Crippen LogP contribution in [0.5, 0.6) is 5.75 Å². The number of aromatic hydroxyl groups is 1. The van der Waals surface area contributed by atoms with Crippen molar-refractivity contribution in [1.29, 1.82) is 0 Å². The van der Waals surface area contributed by atoms with Crippen LogP contribution in [0.2, 0.25) is 0 Å². The molecule has 6 nitrogen and oxygen atoms in total. The Balaban J connectivity index is 2.35. The van der Waals surface area contributed by atoms with E-state index in [1.54, 1.807) is 12.1 Å². The standard InChI is InChI=1S/C13H20N2O4S/c1-14(2)8-10-7-11(16)9-15(10)20(18,19)13-6-4-3-5-12(13)17/h3-6,10-11,16-17H,7-9H2,1-2H3. The number of para-hydroxylation sites is 1. The first-order chi connectivity index (χ1) is 9.32. The summed E-state index contributed by atoms with van der Waals surface area (Å²) in [5, 5.41) is 19.5. The lowest BCUT2D eigenvalue weighted by Crippen LogP contribution is -2.41. The molecule has 0 spiro atoms. The number of aliphatic hydroxyl groups excluding tert-OH is 1. The van der Waals surface area contributed by atoms with Crippen molar-refractivity contribution in [2.45, 2.75) is 23.5 Å². The Morgan fingerprint density at radius 2 is 2.00 bits per heavy atom. The van der Waals surface area contributed by atoms with E-state index in [2.05, 4.69) is 0 Å². The summed E-state index contributed by atoms with van der Waals surface area (Å²) in [5.74, 6) is -0.266. The molecule has 1 heterocycles. The molecule has 0 radical (unpaired) electrons. The molecule has 1 fully saturated rings. The second-order valence-corrected chi connectivity index (χ2v) is 7.21. The largest absolute Gasteiger partial charge is 0.507 e. The Morgan fingerprint density at radius 3 is 2.60 bits per heavy atom. The van der Waals surface area contributed by atoms with E-state index in [0.29, 0.717) is 13.0 Å². The zero-order valence-corrected chi connectivity index (χ0v) is 12.4. The molecule has 1 aliphatic heterocycles. The average molecular weight is 300 g/mol. The number of hydrogen-bond acceptors (Lipinski definition) is 5. The highest BCUT2D eigenvalue weighted by Gasteiger charge is 2.40. The molecular formula is C13H20N2O4S. The molecule has 20 heavy (non-hydrogen) atoms. The molecule has 112 valence electrons. The Hall–Kier alpha value is -1.15. The van der Waals surface area contributed by atoms with Gasteiger partial charge in [0.2, 0.25) is 10.0 Å². The van der Waals surface area contributed by atoms with Crippen LogP contribution in [0.1, 0.15) is 6.42 Å². The van der Waals surface area contributed by atoms with Crippen molar-refractivity contribution in [1.82, 2.24) is 9.21 Å². The van der Waals surface area contributed by atoms with Crippen LogP contribution < -0.4 is 0 Å². The maximum atomic E-state index is 12.6. The van der Waals surface area contributed by atoms with E-state index in [0.717, 1.165) is 0 Å². The van der Waals surface area contributed by atoms with E-state index in [-0.39, 0.29) is 23.2 Å². The van der Waals surface area contributed by atoms with Gasteiger partial charge in [0, 0.05) is 19.1 Å². The van der Waals surface area contributed by atoms with Crippen LogP contribution in [0, 0.1) is 0 Å². The number of sulfonamides is 1. The van der Waals surface area contributed by atoms with Crippen LogP contribution >= 0.6 is 0 Å². The Morgan fingerprint density at radius 1 is 1.35 bits per heavy atom. The van der Waals surface area contributed by atoms with Crippen LogP contribution in [0.25, 0.3) is 0 Å². The number of benzene rings is 1. The highest BCUT2D eigenvalue weighted by Crippen LogP contribution is 2.30. The van der Waals surface area contributed by atoms with Crippen molar-refractivity contribution in [2.75, 3.05) is 27.2 Å². The van der Waals surface area contributed by atoms with Gasteiger partial charge in [-0.2, -0.15) is 4.31 Å². The van der Waals surface area contributed by atoms with Gasteiger partial charge in [0.15, 0.2) is 0 Å². The first-order valence-electron chi connectivity index (χ1n) is 6.45. The van der Waals surface area contributed by atoms with Gasteiger partial charge in [-0.3, -0.25) is 0 Å². The van der Waals surface area contributed by atoms with Crippen LogP contribution in [-0.4, -0.2) is 67.2 Å². The van der Waals surface area contributed by atoms with Gasteiger partial charge in [0.1, 0.15) is 10.6 Å². The number of hydrogen-bond donors (Lipinski definition) is 2. The number of β-amino-alcohol motifs (C(OH)–C–C–N with tert-alkyl or cyclic N) is 1. The summed E-state index contributed by atoms with van der Waals surface area (Å²) >= 11 is 0. The molecule has 1 aromatic carbocycles. The fourth-order valence-corrected chi connectivity index (χ4v) is 4.30. The molecule has 7 heteroatoms. The summed E-state index contributed by atoms with van der Waals surface area (Å²) in [5.41, 5.74) is 0. The SMILES string of the molecule is CN(C)CC1CC(O)CN1S(=O)(=O)c1ccccc1O. The minimum atomic E-state index is -3.80. The van der Waals surface area contributed by atoms with Crippen LogP contribution in [0.3, 0.4) is 0 Å². The highest BCUT2D eigenvalue weighted by molar-refractivity contribution is 7.89. The van der Waals surface area contributed by atoms with Crippen LogP contribution in [-0.2, 0) is 10.0 Å². The number of likely N-dealkylation sites (N-methyl/N-ethyl adjacent to an activating group) is 1. The molecule has 2 rings (SSSR count). The van der Waals surface area contributed by atoms with Gasteiger partial charge < -0.3 is 15.1 Å². The second kappa shape index (κ2) is 5.69. The lowest BCUT2D eigenvalue weighted by molar-refractivity contribution is 0.188. The quantitative estimate of drug-likeness (QED) is 0.823. The number of phenolic OH excluding ortho intramolecular Hbond substituents is 1. The summed E-state index contributed by atoms with van der Waals surface area (Å²) in [6.07, 6.45) is -0.258. The number of phenols is 1. The van der Waals surface area contributed by atoms with Crippen LogP contribution in [0.4, 0.5) is 0 Å². The van der Waals surface area contributed by atoms with Gasteiger partial charge in [-0.05, 0) is 32.6 Å². The van der Waals surface area contributed by atoms with Gasteiger partial charge in [-0.1, -0.05) is 12.1 Å². The fourth-order valence-electron chi connectivity index (χ4n) is 2.55. The maximum absolute atomic E-state index is 12.6. The first-order valence-corrected chi connectivity index (χ1v) is 7.89. The highest BCUT2D eigenvalue weighted by atomic mass is 32.2. The predicted octanol–water partition coefficient (Wildman–Crippen LogP) is 0.0777. The monoisotopic (exact) mass is 300 g/mol. The minimum absolute atomic E-state index is 0.0647. The van der Waals surface area contributed by atoms with Gasteiger partial charge in [-0.15, -0.1) is 0 Å². The zero-order chi connectivity index (χ0) is 14.9. The number of rotatable bonds is 4. The third-order valence-electron chi connectivity index (χ3n) is 3.37. The van der Waals surface area contributed by atoms with Crippen molar-refractivity contribution >= 4 is 10.0 Å². The lowest BCUT2D eigenvalue weighted by Gasteiger charge is -2.26. The molecule has 0 amide bonds. The first kappa shape index (κ1) is 15.2. The predicted molar refractivity (Wildman–Crippen MR) is 75.0 cm³/mol. The molecule has 2 N–H and O–H groups in total. The molecule has 1 aromatic rings. The van der Waals surface area contributed by atoms with Crippen LogP contribution in [0.15, 0.2) is 29.2 Å². The number of nitrogens with zero attached hydrogens (tertiary/aromatic N) is 2. The molecule has 0 bridgehead atoms. The summed E-state index contributed by atoms with van der Waals surface area (Å²) in [7, 11) is -0.0871. The smallest absolute Gasteiger partial charge is 0.247 e. The molecule has 0 saturated carbocycles. The minimum Gasteiger partial charge on any atom is -0.507 e. The van der Waals surface area contributed by atoms with Crippen molar-refractivity contribution in [3.05, 3.63) is 24.3 Å². The van der Waals surface area contributed by atoms with Crippen molar-refractivity contribution < 1.29 is 18.6 Å². The topological polar surface area (TPSA) is 81.1 Å². The van der Waals surface area contributed by atoms with E-state index >= 15 is 0 Å². The van der Waals surface area contributed by atoms with E-state index in [1.165, 1.54) is 16.4 Å². The molecule has 0 aliphatic carbocycles. The van der Waals surface area contributed by atoms with E-state index in [9.17, 15) is 18.6 Å². The average Bonchev–Trinajstić information content (AvgIpc) is 2.70. The summed E-state index contributed by atoms with van der Waals surface area (Å²) < 4.78 is 26.5. The molecule has 2 atom stereocenters. The normalized spacial score (nSPS) is 24.4. The Kier molecular flexibility index (Phi) is 4.33. The molecule has 0 aromatic heterocycles.